The fourth-order valence-electron chi connectivity index (χ4n) is 2.49. The monoisotopic (exact) mass is 368 g/mol. The Bertz CT molecular complexity index is 1010. The average molecular weight is 368 g/mol. The molecular formula is C18H13BO6S. The number of hydrogen-bond acceptors (Lipinski definition) is 6. The standard InChI is InChI=1S/C18H13BO6S/c20-13-5-9-15(10-6-13)26(21,22)16-11-7-14(8-12-16)23-19-24-17-3-1-2-4-18(17)25-19/h1-12,20H. The minimum atomic E-state index is -3.67. The third kappa shape index (κ3) is 3.06. The van der Waals surface area contributed by atoms with Crippen LogP contribution in [0, 0.1) is 0 Å². The fourth-order valence-corrected chi connectivity index (χ4v) is 3.76. The molecular weight excluding hydrogens is 355 g/mol. The Labute approximate surface area is 150 Å². The SMILES string of the molecule is O=S(=O)(c1ccc(O)cc1)c1ccc(OB2Oc3ccccc3O2)cc1. The van der Waals surface area contributed by atoms with Gasteiger partial charge >= 0.3 is 7.32 Å². The molecule has 0 fully saturated rings. The second kappa shape index (κ2) is 6.31. The molecule has 3 aromatic carbocycles. The van der Waals surface area contributed by atoms with Gasteiger partial charge in [-0.05, 0) is 60.7 Å². The van der Waals surface area contributed by atoms with Crippen LogP contribution in [-0.4, -0.2) is 20.8 Å². The van der Waals surface area contributed by atoms with Crippen LogP contribution in [0.4, 0.5) is 0 Å². The molecule has 3 aromatic rings. The summed E-state index contributed by atoms with van der Waals surface area (Å²) in [6, 6.07) is 18.5. The summed E-state index contributed by atoms with van der Waals surface area (Å²) in [6.07, 6.45) is 0. The van der Waals surface area contributed by atoms with Gasteiger partial charge in [-0.25, -0.2) is 8.42 Å². The van der Waals surface area contributed by atoms with E-state index in [0.717, 1.165) is 0 Å². The zero-order chi connectivity index (χ0) is 18.1. The van der Waals surface area contributed by atoms with Gasteiger partial charge in [-0.2, -0.15) is 0 Å². The zero-order valence-corrected chi connectivity index (χ0v) is 14.2. The largest absolute Gasteiger partial charge is 0.864 e. The molecule has 4 rings (SSSR count). The van der Waals surface area contributed by atoms with Gasteiger partial charge in [0.1, 0.15) is 23.0 Å². The smallest absolute Gasteiger partial charge is 0.508 e. The van der Waals surface area contributed by atoms with E-state index in [9.17, 15) is 13.5 Å². The molecule has 130 valence electrons. The molecule has 1 aliphatic rings. The van der Waals surface area contributed by atoms with Gasteiger partial charge in [-0.1, -0.05) is 12.1 Å². The van der Waals surface area contributed by atoms with Crippen LogP contribution in [-0.2, 0) is 9.84 Å². The highest BCUT2D eigenvalue weighted by molar-refractivity contribution is 7.91. The second-order valence-electron chi connectivity index (χ2n) is 5.56. The zero-order valence-electron chi connectivity index (χ0n) is 13.4. The van der Waals surface area contributed by atoms with Gasteiger partial charge in [0.05, 0.1) is 9.79 Å². The third-order valence-electron chi connectivity index (χ3n) is 3.81. The van der Waals surface area contributed by atoms with E-state index in [1.807, 2.05) is 12.1 Å². The average Bonchev–Trinajstić information content (AvgIpc) is 3.05. The highest BCUT2D eigenvalue weighted by Crippen LogP contribution is 2.33. The Balaban J connectivity index is 1.50. The lowest BCUT2D eigenvalue weighted by atomic mass is 10.2. The number of hydrogen-bond donors (Lipinski definition) is 1. The summed E-state index contributed by atoms with van der Waals surface area (Å²) in [7, 11) is -4.60. The van der Waals surface area contributed by atoms with Crippen LogP contribution in [0.25, 0.3) is 0 Å². The van der Waals surface area contributed by atoms with Crippen molar-refractivity contribution in [3.05, 3.63) is 72.8 Å². The molecule has 26 heavy (non-hydrogen) atoms. The molecule has 8 heteroatoms. The number of aromatic hydroxyl groups is 1. The Kier molecular flexibility index (Phi) is 3.97. The highest BCUT2D eigenvalue weighted by Gasteiger charge is 2.37. The molecule has 0 atom stereocenters. The molecule has 1 aliphatic heterocycles. The van der Waals surface area contributed by atoms with Gasteiger partial charge in [0.2, 0.25) is 9.84 Å². The maximum atomic E-state index is 12.6. The number of sulfone groups is 1. The normalized spacial score (nSPS) is 12.8. The van der Waals surface area contributed by atoms with Gasteiger partial charge in [-0.15, -0.1) is 0 Å². The van der Waals surface area contributed by atoms with Gasteiger partial charge in [-0.3, -0.25) is 0 Å². The summed E-state index contributed by atoms with van der Waals surface area (Å²) in [6.45, 7) is 0. The van der Waals surface area contributed by atoms with Crippen LogP contribution in [0.15, 0.2) is 82.6 Å². The van der Waals surface area contributed by atoms with E-state index in [1.165, 1.54) is 48.5 Å². The van der Waals surface area contributed by atoms with E-state index in [4.69, 9.17) is 14.0 Å². The van der Waals surface area contributed by atoms with E-state index >= 15 is 0 Å². The molecule has 0 aromatic heterocycles. The summed E-state index contributed by atoms with van der Waals surface area (Å²) in [5, 5.41) is 9.30. The lowest BCUT2D eigenvalue weighted by Gasteiger charge is -2.09. The summed E-state index contributed by atoms with van der Waals surface area (Å²) in [5.41, 5.74) is 0. The van der Waals surface area contributed by atoms with Crippen LogP contribution in [0.2, 0.25) is 0 Å². The van der Waals surface area contributed by atoms with Crippen molar-refractivity contribution in [3.63, 3.8) is 0 Å². The van der Waals surface area contributed by atoms with Crippen molar-refractivity contribution in [1.82, 2.24) is 0 Å². The van der Waals surface area contributed by atoms with E-state index in [-0.39, 0.29) is 15.5 Å². The lowest BCUT2D eigenvalue weighted by molar-refractivity contribution is 0.351. The molecule has 0 spiro atoms. The summed E-state index contributed by atoms with van der Waals surface area (Å²) < 4.78 is 41.7. The highest BCUT2D eigenvalue weighted by atomic mass is 32.2. The Morgan fingerprint density at radius 1 is 0.769 bits per heavy atom. The van der Waals surface area contributed by atoms with Crippen molar-refractivity contribution in [2.24, 2.45) is 0 Å². The van der Waals surface area contributed by atoms with E-state index < -0.39 is 17.2 Å². The number of phenols is 1. The lowest BCUT2D eigenvalue weighted by Crippen LogP contribution is -2.32. The first kappa shape index (κ1) is 16.3. The molecule has 1 heterocycles. The maximum absolute atomic E-state index is 12.6. The maximum Gasteiger partial charge on any atom is 0.864 e. The quantitative estimate of drug-likeness (QED) is 0.713. The van der Waals surface area contributed by atoms with Crippen LogP contribution in [0.1, 0.15) is 0 Å². The van der Waals surface area contributed by atoms with Crippen LogP contribution in [0.3, 0.4) is 0 Å². The Morgan fingerprint density at radius 2 is 1.27 bits per heavy atom. The first-order valence-electron chi connectivity index (χ1n) is 7.75. The predicted octanol–water partition coefficient (Wildman–Crippen LogP) is 3.06. The molecule has 0 amide bonds. The number of fused-ring (bicyclic) bond motifs is 1. The topological polar surface area (TPSA) is 82.1 Å². The molecule has 0 unspecified atom stereocenters. The second-order valence-corrected chi connectivity index (χ2v) is 7.51. The molecule has 0 saturated carbocycles. The number of benzene rings is 3. The Hall–Kier alpha value is -3.13. The molecule has 0 bridgehead atoms. The van der Waals surface area contributed by atoms with E-state index in [2.05, 4.69) is 0 Å². The van der Waals surface area contributed by atoms with Gasteiger partial charge in [0, 0.05) is 0 Å². The third-order valence-corrected chi connectivity index (χ3v) is 5.59. The molecule has 0 radical (unpaired) electrons. The van der Waals surface area contributed by atoms with Crippen molar-refractivity contribution in [2.45, 2.75) is 9.79 Å². The summed E-state index contributed by atoms with van der Waals surface area (Å²) >= 11 is 0. The van der Waals surface area contributed by atoms with Crippen LogP contribution in [0.5, 0.6) is 23.0 Å². The fraction of sp³-hybridized carbons (Fsp3) is 0. The first-order valence-corrected chi connectivity index (χ1v) is 9.24. The van der Waals surface area contributed by atoms with E-state index in [1.54, 1.807) is 12.1 Å². The number of phenolic OH excluding ortho intramolecular Hbond substituents is 1. The summed E-state index contributed by atoms with van der Waals surface area (Å²) in [5.74, 6) is 1.59. The van der Waals surface area contributed by atoms with Crippen molar-refractivity contribution in [1.29, 1.82) is 0 Å². The number of rotatable bonds is 4. The van der Waals surface area contributed by atoms with Gasteiger partial charge in [0.15, 0.2) is 0 Å². The van der Waals surface area contributed by atoms with Gasteiger partial charge in [0.25, 0.3) is 0 Å². The van der Waals surface area contributed by atoms with Crippen molar-refractivity contribution < 1.29 is 27.5 Å². The molecule has 0 aliphatic carbocycles. The van der Waals surface area contributed by atoms with Crippen LogP contribution < -0.4 is 14.0 Å². The van der Waals surface area contributed by atoms with Crippen molar-refractivity contribution in [2.75, 3.05) is 0 Å². The van der Waals surface area contributed by atoms with E-state index in [0.29, 0.717) is 17.2 Å². The minimum Gasteiger partial charge on any atom is -0.508 e. The van der Waals surface area contributed by atoms with Crippen molar-refractivity contribution >= 4 is 17.2 Å². The minimum absolute atomic E-state index is 0.00487. The Morgan fingerprint density at radius 3 is 1.81 bits per heavy atom. The molecule has 1 N–H and O–H groups in total. The van der Waals surface area contributed by atoms with Crippen molar-refractivity contribution in [3.8, 4) is 23.0 Å². The number of para-hydroxylation sites is 2. The predicted molar refractivity (Wildman–Crippen MR) is 94.1 cm³/mol. The summed E-state index contributed by atoms with van der Waals surface area (Å²) in [4.78, 5) is 0.217. The molecule has 0 saturated heterocycles. The van der Waals surface area contributed by atoms with Crippen LogP contribution >= 0.6 is 0 Å². The van der Waals surface area contributed by atoms with Gasteiger partial charge < -0.3 is 19.1 Å². The molecule has 6 nitrogen and oxygen atoms in total. The first-order chi connectivity index (χ1) is 12.5.